The highest BCUT2D eigenvalue weighted by molar-refractivity contribution is 5.25. The third-order valence-corrected chi connectivity index (χ3v) is 2.83. The minimum atomic E-state index is -0.335. The monoisotopic (exact) mass is 225 g/mol. The van der Waals surface area contributed by atoms with E-state index in [1.54, 1.807) is 19.1 Å². The quantitative estimate of drug-likeness (QED) is 0.807. The van der Waals surface area contributed by atoms with E-state index in [4.69, 9.17) is 0 Å². The predicted octanol–water partition coefficient (Wildman–Crippen LogP) is 2.56. The lowest BCUT2D eigenvalue weighted by Crippen LogP contribution is -2.28. The van der Waals surface area contributed by atoms with Crippen LogP contribution < -0.4 is 5.32 Å². The Balaban J connectivity index is 2.59. The van der Waals surface area contributed by atoms with Crippen LogP contribution in [0.2, 0.25) is 0 Å². The summed E-state index contributed by atoms with van der Waals surface area (Å²) >= 11 is 0. The van der Waals surface area contributed by atoms with Gasteiger partial charge < -0.3 is 10.4 Å². The Kier molecular flexibility index (Phi) is 4.90. The highest BCUT2D eigenvalue weighted by Gasteiger charge is 2.08. The van der Waals surface area contributed by atoms with Crippen LogP contribution in [-0.4, -0.2) is 17.8 Å². The van der Waals surface area contributed by atoms with Crippen LogP contribution in [0.25, 0.3) is 0 Å². The summed E-state index contributed by atoms with van der Waals surface area (Å²) in [5.41, 5.74) is 1.57. The first kappa shape index (κ1) is 13.1. The highest BCUT2D eigenvalue weighted by atomic mass is 19.1. The molecule has 0 aliphatic heterocycles. The molecule has 0 aromatic heterocycles. The van der Waals surface area contributed by atoms with Crippen molar-refractivity contribution >= 4 is 0 Å². The molecule has 0 saturated carbocycles. The molecule has 0 heterocycles. The Labute approximate surface area is 96.5 Å². The lowest BCUT2D eigenvalue weighted by molar-refractivity contribution is 0.163. The van der Waals surface area contributed by atoms with Crippen molar-refractivity contribution in [2.24, 2.45) is 0 Å². The first-order valence-corrected chi connectivity index (χ1v) is 5.72. The van der Waals surface area contributed by atoms with Crippen LogP contribution in [0.4, 0.5) is 4.39 Å². The maximum Gasteiger partial charge on any atom is 0.126 e. The van der Waals surface area contributed by atoms with Gasteiger partial charge in [-0.05, 0) is 37.5 Å². The standard InChI is InChI=1S/C13H20FNO/c1-4-12(16)8-15-10(3)11-6-5-9(2)13(14)7-11/h5-7,10,12,15-16H,4,8H2,1-3H3/t10-,12+/m0/s1. The molecule has 2 N–H and O–H groups in total. The summed E-state index contributed by atoms with van der Waals surface area (Å²) in [5, 5.41) is 12.6. The summed E-state index contributed by atoms with van der Waals surface area (Å²) in [6.45, 7) is 6.18. The normalized spacial score (nSPS) is 14.8. The van der Waals surface area contributed by atoms with Gasteiger partial charge in [0.05, 0.1) is 6.10 Å². The topological polar surface area (TPSA) is 32.3 Å². The lowest BCUT2D eigenvalue weighted by Gasteiger charge is -2.17. The molecule has 90 valence electrons. The number of benzene rings is 1. The number of nitrogens with one attached hydrogen (secondary N) is 1. The van der Waals surface area contributed by atoms with Crippen LogP contribution in [0.3, 0.4) is 0 Å². The zero-order valence-corrected chi connectivity index (χ0v) is 10.1. The van der Waals surface area contributed by atoms with Crippen LogP contribution >= 0.6 is 0 Å². The molecule has 0 bridgehead atoms. The van der Waals surface area contributed by atoms with Gasteiger partial charge in [-0.15, -0.1) is 0 Å². The number of rotatable bonds is 5. The van der Waals surface area contributed by atoms with Crippen LogP contribution in [0.5, 0.6) is 0 Å². The number of halogens is 1. The van der Waals surface area contributed by atoms with Crippen LogP contribution in [0, 0.1) is 12.7 Å². The predicted molar refractivity (Wildman–Crippen MR) is 63.9 cm³/mol. The molecule has 1 rings (SSSR count). The molecule has 0 unspecified atom stereocenters. The van der Waals surface area contributed by atoms with Crippen LogP contribution in [0.15, 0.2) is 18.2 Å². The van der Waals surface area contributed by atoms with Gasteiger partial charge in [-0.3, -0.25) is 0 Å². The van der Waals surface area contributed by atoms with Crippen molar-refractivity contribution in [3.63, 3.8) is 0 Å². The molecule has 2 atom stereocenters. The Bertz CT molecular complexity index is 341. The van der Waals surface area contributed by atoms with E-state index in [0.29, 0.717) is 12.1 Å². The average Bonchev–Trinajstić information content (AvgIpc) is 2.29. The molecule has 0 aliphatic carbocycles. The summed E-state index contributed by atoms with van der Waals surface area (Å²) in [4.78, 5) is 0. The number of aliphatic hydroxyl groups excluding tert-OH is 1. The van der Waals surface area contributed by atoms with Gasteiger partial charge in [-0.2, -0.15) is 0 Å². The fourth-order valence-electron chi connectivity index (χ4n) is 1.45. The second kappa shape index (κ2) is 5.97. The Morgan fingerprint density at radius 2 is 2.12 bits per heavy atom. The Morgan fingerprint density at radius 3 is 2.69 bits per heavy atom. The van der Waals surface area contributed by atoms with E-state index in [9.17, 15) is 9.50 Å². The molecule has 0 radical (unpaired) electrons. The van der Waals surface area contributed by atoms with E-state index >= 15 is 0 Å². The molecule has 3 heteroatoms. The van der Waals surface area contributed by atoms with Crippen LogP contribution in [-0.2, 0) is 0 Å². The molecule has 1 aromatic rings. The minimum Gasteiger partial charge on any atom is -0.392 e. The molecule has 2 nitrogen and oxygen atoms in total. The van der Waals surface area contributed by atoms with Crippen molar-refractivity contribution in [1.82, 2.24) is 5.32 Å². The van der Waals surface area contributed by atoms with Gasteiger partial charge in [0.25, 0.3) is 0 Å². The number of aryl methyl sites for hydroxylation is 1. The first-order valence-electron chi connectivity index (χ1n) is 5.72. The summed E-state index contributed by atoms with van der Waals surface area (Å²) in [6.07, 6.45) is 0.389. The third-order valence-electron chi connectivity index (χ3n) is 2.83. The fraction of sp³-hybridized carbons (Fsp3) is 0.538. The third kappa shape index (κ3) is 3.58. The minimum absolute atomic E-state index is 0.0521. The summed E-state index contributed by atoms with van der Waals surface area (Å²) in [6, 6.07) is 5.29. The SMILES string of the molecule is CC[C@@H](O)CN[C@@H](C)c1ccc(C)c(F)c1. The molecule has 0 fully saturated rings. The maximum absolute atomic E-state index is 13.3. The molecular weight excluding hydrogens is 205 g/mol. The summed E-state index contributed by atoms with van der Waals surface area (Å²) in [7, 11) is 0. The Morgan fingerprint density at radius 1 is 1.44 bits per heavy atom. The summed E-state index contributed by atoms with van der Waals surface area (Å²) in [5.74, 6) is -0.179. The second-order valence-corrected chi connectivity index (χ2v) is 4.20. The average molecular weight is 225 g/mol. The van der Waals surface area contributed by atoms with Gasteiger partial charge in [0.2, 0.25) is 0 Å². The van der Waals surface area contributed by atoms with Gasteiger partial charge in [-0.1, -0.05) is 19.1 Å². The molecule has 1 aromatic carbocycles. The zero-order valence-electron chi connectivity index (χ0n) is 10.1. The van der Waals surface area contributed by atoms with Gasteiger partial charge >= 0.3 is 0 Å². The van der Waals surface area contributed by atoms with E-state index in [2.05, 4.69) is 5.32 Å². The number of aliphatic hydroxyl groups is 1. The van der Waals surface area contributed by atoms with Gasteiger partial charge in [0, 0.05) is 12.6 Å². The van der Waals surface area contributed by atoms with Gasteiger partial charge in [0.15, 0.2) is 0 Å². The van der Waals surface area contributed by atoms with Crippen molar-refractivity contribution in [3.8, 4) is 0 Å². The van der Waals surface area contributed by atoms with E-state index in [1.807, 2.05) is 19.9 Å². The molecule has 0 saturated heterocycles. The van der Waals surface area contributed by atoms with Crippen molar-refractivity contribution in [2.45, 2.75) is 39.3 Å². The molecule has 16 heavy (non-hydrogen) atoms. The molecule has 0 amide bonds. The molecule has 0 spiro atoms. The molecule has 0 aliphatic rings. The zero-order chi connectivity index (χ0) is 12.1. The van der Waals surface area contributed by atoms with Crippen molar-refractivity contribution in [2.75, 3.05) is 6.54 Å². The van der Waals surface area contributed by atoms with Crippen molar-refractivity contribution in [1.29, 1.82) is 0 Å². The Hall–Kier alpha value is -0.930. The fourth-order valence-corrected chi connectivity index (χ4v) is 1.45. The summed E-state index contributed by atoms with van der Waals surface area (Å²) < 4.78 is 13.3. The van der Waals surface area contributed by atoms with E-state index in [-0.39, 0.29) is 18.0 Å². The number of hydrogen-bond acceptors (Lipinski definition) is 2. The van der Waals surface area contributed by atoms with Gasteiger partial charge in [-0.25, -0.2) is 4.39 Å². The largest absolute Gasteiger partial charge is 0.392 e. The first-order chi connectivity index (χ1) is 7.54. The highest BCUT2D eigenvalue weighted by Crippen LogP contribution is 2.16. The molecular formula is C13H20FNO. The van der Waals surface area contributed by atoms with E-state index in [1.165, 1.54) is 0 Å². The number of hydrogen-bond donors (Lipinski definition) is 2. The van der Waals surface area contributed by atoms with E-state index < -0.39 is 0 Å². The van der Waals surface area contributed by atoms with E-state index in [0.717, 1.165) is 12.0 Å². The van der Waals surface area contributed by atoms with Gasteiger partial charge in [0.1, 0.15) is 5.82 Å². The van der Waals surface area contributed by atoms with Crippen molar-refractivity contribution in [3.05, 3.63) is 35.1 Å². The lowest BCUT2D eigenvalue weighted by atomic mass is 10.1. The van der Waals surface area contributed by atoms with Crippen molar-refractivity contribution < 1.29 is 9.50 Å². The maximum atomic E-state index is 13.3. The van der Waals surface area contributed by atoms with Crippen LogP contribution in [0.1, 0.15) is 37.4 Å². The smallest absolute Gasteiger partial charge is 0.126 e. The second-order valence-electron chi connectivity index (χ2n) is 4.20.